The van der Waals surface area contributed by atoms with Gasteiger partial charge in [-0.3, -0.25) is 4.90 Å². The number of nitrogens with zero attached hydrogens (tertiary/aromatic N) is 1. The largest absolute Gasteiger partial charge is 0.326 e. The summed E-state index contributed by atoms with van der Waals surface area (Å²) in [5, 5.41) is 0. The van der Waals surface area contributed by atoms with Crippen molar-refractivity contribution in [1.29, 1.82) is 0 Å². The van der Waals surface area contributed by atoms with Crippen LogP contribution in [0.25, 0.3) is 0 Å². The Kier molecular flexibility index (Phi) is 4.03. The van der Waals surface area contributed by atoms with Crippen LogP contribution in [0.5, 0.6) is 0 Å². The SMILES string of the molecule is Cc1cc(C(C)(C)C)cc(C)c1CN1CC[C@@H](N)C1. The number of aryl methyl sites for hydroxylation is 2. The number of nitrogens with two attached hydrogens (primary N) is 1. The van der Waals surface area contributed by atoms with Crippen molar-refractivity contribution in [3.05, 3.63) is 34.4 Å². The van der Waals surface area contributed by atoms with Crippen molar-refractivity contribution in [2.45, 2.75) is 59.0 Å². The molecule has 106 valence electrons. The molecule has 1 atom stereocenters. The molecule has 1 aromatic rings. The summed E-state index contributed by atoms with van der Waals surface area (Å²) in [4.78, 5) is 2.48. The fourth-order valence-electron chi connectivity index (χ4n) is 2.91. The van der Waals surface area contributed by atoms with Crippen molar-refractivity contribution in [1.82, 2.24) is 4.90 Å². The minimum absolute atomic E-state index is 0.226. The fourth-order valence-corrected chi connectivity index (χ4v) is 2.91. The first-order chi connectivity index (χ1) is 8.77. The molecule has 1 heterocycles. The summed E-state index contributed by atoms with van der Waals surface area (Å²) in [6, 6.07) is 5.09. The van der Waals surface area contributed by atoms with Crippen LogP contribution in [0.15, 0.2) is 12.1 Å². The molecule has 2 N–H and O–H groups in total. The lowest BCUT2D eigenvalue weighted by Gasteiger charge is -2.24. The molecule has 1 fully saturated rings. The first-order valence-corrected chi connectivity index (χ1v) is 7.36. The summed E-state index contributed by atoms with van der Waals surface area (Å²) in [6.45, 7) is 14.6. The van der Waals surface area contributed by atoms with Gasteiger partial charge in [-0.25, -0.2) is 0 Å². The number of hydrogen-bond acceptors (Lipinski definition) is 2. The van der Waals surface area contributed by atoms with E-state index in [2.05, 4.69) is 51.7 Å². The summed E-state index contributed by atoms with van der Waals surface area (Å²) in [5.41, 5.74) is 12.0. The molecule has 0 amide bonds. The molecular formula is C17H28N2. The van der Waals surface area contributed by atoms with E-state index in [1.807, 2.05) is 0 Å². The van der Waals surface area contributed by atoms with Crippen LogP contribution >= 0.6 is 0 Å². The average Bonchev–Trinajstić information content (AvgIpc) is 2.68. The van der Waals surface area contributed by atoms with Crippen LogP contribution in [-0.2, 0) is 12.0 Å². The molecule has 1 aromatic carbocycles. The van der Waals surface area contributed by atoms with E-state index < -0.39 is 0 Å². The predicted octanol–water partition coefficient (Wildman–Crippen LogP) is 3.13. The van der Waals surface area contributed by atoms with Crippen molar-refractivity contribution in [2.24, 2.45) is 5.73 Å². The predicted molar refractivity (Wildman–Crippen MR) is 82.5 cm³/mol. The maximum atomic E-state index is 5.99. The molecular weight excluding hydrogens is 232 g/mol. The standard InChI is InChI=1S/C17H28N2/c1-12-8-14(17(3,4)5)9-13(2)16(12)11-19-7-6-15(18)10-19/h8-9,15H,6-7,10-11,18H2,1-5H3/t15-/m1/s1. The van der Waals surface area contributed by atoms with Gasteiger partial charge in [0.1, 0.15) is 0 Å². The number of benzene rings is 1. The van der Waals surface area contributed by atoms with Gasteiger partial charge in [-0.05, 0) is 47.9 Å². The van der Waals surface area contributed by atoms with Crippen LogP contribution in [0.3, 0.4) is 0 Å². The molecule has 0 unspecified atom stereocenters. The quantitative estimate of drug-likeness (QED) is 0.885. The minimum Gasteiger partial charge on any atom is -0.326 e. The molecule has 0 aromatic heterocycles. The number of likely N-dealkylation sites (tertiary alicyclic amines) is 1. The Balaban J connectivity index is 2.22. The highest BCUT2D eigenvalue weighted by Gasteiger charge is 2.21. The smallest absolute Gasteiger partial charge is 0.0239 e. The zero-order valence-electron chi connectivity index (χ0n) is 13.1. The van der Waals surface area contributed by atoms with Crippen LogP contribution in [0, 0.1) is 13.8 Å². The molecule has 0 radical (unpaired) electrons. The first kappa shape index (κ1) is 14.5. The Morgan fingerprint density at radius 2 is 1.79 bits per heavy atom. The Bertz CT molecular complexity index is 434. The van der Waals surface area contributed by atoms with Crippen LogP contribution in [-0.4, -0.2) is 24.0 Å². The molecule has 0 aliphatic carbocycles. The van der Waals surface area contributed by atoms with E-state index in [4.69, 9.17) is 5.73 Å². The van der Waals surface area contributed by atoms with E-state index in [9.17, 15) is 0 Å². The van der Waals surface area contributed by atoms with Gasteiger partial charge in [0, 0.05) is 25.7 Å². The average molecular weight is 260 g/mol. The fraction of sp³-hybridized carbons (Fsp3) is 0.647. The molecule has 2 rings (SSSR count). The minimum atomic E-state index is 0.226. The highest BCUT2D eigenvalue weighted by molar-refractivity contribution is 5.40. The lowest BCUT2D eigenvalue weighted by Crippen LogP contribution is -2.27. The molecule has 0 saturated carbocycles. The zero-order valence-corrected chi connectivity index (χ0v) is 13.1. The second kappa shape index (κ2) is 5.26. The summed E-state index contributed by atoms with van der Waals surface area (Å²) in [5.74, 6) is 0. The van der Waals surface area contributed by atoms with Gasteiger partial charge in [0.05, 0.1) is 0 Å². The molecule has 0 bridgehead atoms. The van der Waals surface area contributed by atoms with E-state index in [1.165, 1.54) is 22.3 Å². The van der Waals surface area contributed by atoms with Gasteiger partial charge in [-0.15, -0.1) is 0 Å². The first-order valence-electron chi connectivity index (χ1n) is 7.36. The van der Waals surface area contributed by atoms with Crippen LogP contribution in [0.1, 0.15) is 49.4 Å². The van der Waals surface area contributed by atoms with Crippen LogP contribution < -0.4 is 5.73 Å². The summed E-state index contributed by atoms with van der Waals surface area (Å²) in [7, 11) is 0. The van der Waals surface area contributed by atoms with Crippen LogP contribution in [0.2, 0.25) is 0 Å². The van der Waals surface area contributed by atoms with Crippen LogP contribution in [0.4, 0.5) is 0 Å². The van der Waals surface area contributed by atoms with Crippen molar-refractivity contribution in [3.8, 4) is 0 Å². The zero-order chi connectivity index (χ0) is 14.2. The van der Waals surface area contributed by atoms with Gasteiger partial charge in [0.2, 0.25) is 0 Å². The van der Waals surface area contributed by atoms with Crippen molar-refractivity contribution in [3.63, 3.8) is 0 Å². The second-order valence-electron chi connectivity index (χ2n) is 7.12. The molecule has 19 heavy (non-hydrogen) atoms. The Morgan fingerprint density at radius 1 is 1.21 bits per heavy atom. The van der Waals surface area contributed by atoms with E-state index >= 15 is 0 Å². The van der Waals surface area contributed by atoms with E-state index in [1.54, 1.807) is 0 Å². The van der Waals surface area contributed by atoms with Gasteiger partial charge in [0.25, 0.3) is 0 Å². The van der Waals surface area contributed by atoms with Gasteiger partial charge in [0.15, 0.2) is 0 Å². The van der Waals surface area contributed by atoms with Gasteiger partial charge >= 0.3 is 0 Å². The van der Waals surface area contributed by atoms with E-state index in [0.29, 0.717) is 6.04 Å². The molecule has 1 saturated heterocycles. The number of rotatable bonds is 2. The van der Waals surface area contributed by atoms with Crippen molar-refractivity contribution in [2.75, 3.05) is 13.1 Å². The summed E-state index contributed by atoms with van der Waals surface area (Å²) < 4.78 is 0. The van der Waals surface area contributed by atoms with E-state index in [-0.39, 0.29) is 5.41 Å². The van der Waals surface area contributed by atoms with E-state index in [0.717, 1.165) is 26.1 Å². The maximum absolute atomic E-state index is 5.99. The third-order valence-electron chi connectivity index (χ3n) is 4.25. The third-order valence-corrected chi connectivity index (χ3v) is 4.25. The van der Waals surface area contributed by atoms with Crippen molar-refractivity contribution < 1.29 is 0 Å². The molecule has 1 aliphatic rings. The normalized spacial score (nSPS) is 21.1. The number of hydrogen-bond donors (Lipinski definition) is 1. The highest BCUT2D eigenvalue weighted by atomic mass is 15.2. The Labute approximate surface area is 118 Å². The monoisotopic (exact) mass is 260 g/mol. The molecule has 2 heteroatoms. The van der Waals surface area contributed by atoms with Gasteiger partial charge in [-0.1, -0.05) is 32.9 Å². The summed E-state index contributed by atoms with van der Waals surface area (Å²) in [6.07, 6.45) is 1.14. The molecule has 1 aliphatic heterocycles. The Morgan fingerprint density at radius 3 is 2.21 bits per heavy atom. The maximum Gasteiger partial charge on any atom is 0.0239 e. The topological polar surface area (TPSA) is 29.3 Å². The lowest BCUT2D eigenvalue weighted by molar-refractivity contribution is 0.325. The Hall–Kier alpha value is -0.860. The second-order valence-corrected chi connectivity index (χ2v) is 7.12. The molecule has 2 nitrogen and oxygen atoms in total. The molecule has 0 spiro atoms. The lowest BCUT2D eigenvalue weighted by atomic mass is 9.84. The van der Waals surface area contributed by atoms with Gasteiger partial charge in [-0.2, -0.15) is 0 Å². The third kappa shape index (κ3) is 3.37. The van der Waals surface area contributed by atoms with Gasteiger partial charge < -0.3 is 5.73 Å². The van der Waals surface area contributed by atoms with Crippen molar-refractivity contribution >= 4 is 0 Å². The highest BCUT2D eigenvalue weighted by Crippen LogP contribution is 2.28. The summed E-state index contributed by atoms with van der Waals surface area (Å²) >= 11 is 0.